The van der Waals surface area contributed by atoms with Crippen molar-refractivity contribution >= 4 is 17.5 Å². The molecule has 17 heavy (non-hydrogen) atoms. The van der Waals surface area contributed by atoms with Crippen LogP contribution in [0.25, 0.3) is 5.52 Å². The van der Waals surface area contributed by atoms with Gasteiger partial charge in [0.15, 0.2) is 5.69 Å². The summed E-state index contributed by atoms with van der Waals surface area (Å²) in [5.41, 5.74) is 1.18. The molecule has 6 nitrogen and oxygen atoms in total. The number of fused-ring (bicyclic) bond motifs is 1. The standard InChI is InChI=1S/C11H10N2O4/c1-6-2-3-7-10(11(16)17)12-8(4-9(14)15)13(7)5-6/h2-3,5H,4H2,1H3,(H,14,15)(H,16,17). The minimum absolute atomic E-state index is 0.124. The molecule has 0 aliphatic heterocycles. The number of rotatable bonds is 3. The van der Waals surface area contributed by atoms with Gasteiger partial charge in [0.2, 0.25) is 0 Å². The monoisotopic (exact) mass is 234 g/mol. The van der Waals surface area contributed by atoms with E-state index >= 15 is 0 Å². The number of hydrogen-bond donors (Lipinski definition) is 2. The van der Waals surface area contributed by atoms with Crippen LogP contribution < -0.4 is 0 Å². The van der Waals surface area contributed by atoms with Crippen LogP contribution in [0.4, 0.5) is 0 Å². The molecule has 0 atom stereocenters. The van der Waals surface area contributed by atoms with Gasteiger partial charge in [-0.2, -0.15) is 0 Å². The molecule has 2 aromatic heterocycles. The van der Waals surface area contributed by atoms with Crippen molar-refractivity contribution in [3.05, 3.63) is 35.4 Å². The van der Waals surface area contributed by atoms with Gasteiger partial charge in [-0.1, -0.05) is 6.07 Å². The first-order valence-corrected chi connectivity index (χ1v) is 4.91. The van der Waals surface area contributed by atoms with Crippen LogP contribution in [0.2, 0.25) is 0 Å². The van der Waals surface area contributed by atoms with Crippen molar-refractivity contribution in [1.29, 1.82) is 0 Å². The van der Waals surface area contributed by atoms with Crippen molar-refractivity contribution in [3.8, 4) is 0 Å². The van der Waals surface area contributed by atoms with E-state index in [2.05, 4.69) is 4.98 Å². The summed E-state index contributed by atoms with van der Waals surface area (Å²) in [6.45, 7) is 1.84. The highest BCUT2D eigenvalue weighted by Crippen LogP contribution is 2.15. The average Bonchev–Trinajstić information content (AvgIpc) is 2.56. The summed E-state index contributed by atoms with van der Waals surface area (Å²) in [5.74, 6) is -1.99. The van der Waals surface area contributed by atoms with E-state index in [4.69, 9.17) is 10.2 Å². The van der Waals surface area contributed by atoms with E-state index in [1.165, 1.54) is 4.40 Å². The zero-order valence-corrected chi connectivity index (χ0v) is 9.04. The molecule has 6 heteroatoms. The Morgan fingerprint density at radius 1 is 1.35 bits per heavy atom. The lowest BCUT2D eigenvalue weighted by Crippen LogP contribution is -2.05. The SMILES string of the molecule is Cc1ccc2c(C(=O)O)nc(CC(=O)O)n2c1. The van der Waals surface area contributed by atoms with Crippen molar-refractivity contribution in [2.45, 2.75) is 13.3 Å². The van der Waals surface area contributed by atoms with Crippen LogP contribution in [0.5, 0.6) is 0 Å². The summed E-state index contributed by atoms with van der Waals surface area (Å²) in [4.78, 5) is 25.5. The van der Waals surface area contributed by atoms with Crippen molar-refractivity contribution < 1.29 is 19.8 Å². The lowest BCUT2D eigenvalue weighted by molar-refractivity contribution is -0.136. The number of aliphatic carboxylic acids is 1. The van der Waals surface area contributed by atoms with E-state index < -0.39 is 11.9 Å². The first-order valence-electron chi connectivity index (χ1n) is 4.91. The fraction of sp³-hybridized carbons (Fsp3) is 0.182. The second-order valence-electron chi connectivity index (χ2n) is 3.71. The van der Waals surface area contributed by atoms with Gasteiger partial charge in [-0.25, -0.2) is 9.78 Å². The number of imidazole rings is 1. The van der Waals surface area contributed by atoms with Gasteiger partial charge in [-0.3, -0.25) is 4.79 Å². The average molecular weight is 234 g/mol. The van der Waals surface area contributed by atoms with E-state index in [1.807, 2.05) is 6.92 Å². The lowest BCUT2D eigenvalue weighted by atomic mass is 10.2. The van der Waals surface area contributed by atoms with Gasteiger partial charge in [0, 0.05) is 6.20 Å². The van der Waals surface area contributed by atoms with Crippen molar-refractivity contribution in [1.82, 2.24) is 9.38 Å². The number of carboxylic acids is 2. The molecule has 2 rings (SSSR count). The molecule has 0 bridgehead atoms. The Kier molecular flexibility index (Phi) is 2.55. The number of aromatic carboxylic acids is 1. The van der Waals surface area contributed by atoms with Gasteiger partial charge >= 0.3 is 11.9 Å². The molecule has 0 radical (unpaired) electrons. The number of carbonyl (C=O) groups is 2. The third-order valence-electron chi connectivity index (χ3n) is 2.37. The summed E-state index contributed by atoms with van der Waals surface area (Å²) in [7, 11) is 0. The maximum absolute atomic E-state index is 11.0. The highest BCUT2D eigenvalue weighted by molar-refractivity contribution is 5.94. The Bertz CT molecular complexity index is 615. The van der Waals surface area contributed by atoms with Gasteiger partial charge in [-0.15, -0.1) is 0 Å². The number of aryl methyl sites for hydroxylation is 1. The van der Waals surface area contributed by atoms with Crippen LogP contribution in [0, 0.1) is 6.92 Å². The molecule has 0 saturated carbocycles. The second-order valence-corrected chi connectivity index (χ2v) is 3.71. The van der Waals surface area contributed by atoms with Gasteiger partial charge in [0.1, 0.15) is 12.2 Å². The smallest absolute Gasteiger partial charge is 0.356 e. The van der Waals surface area contributed by atoms with Crippen LogP contribution in [0.15, 0.2) is 18.3 Å². The van der Waals surface area contributed by atoms with Crippen molar-refractivity contribution in [3.63, 3.8) is 0 Å². The molecule has 0 amide bonds. The van der Waals surface area contributed by atoms with Crippen LogP contribution in [-0.2, 0) is 11.2 Å². The Labute approximate surface area is 96.1 Å². The highest BCUT2D eigenvalue weighted by atomic mass is 16.4. The first-order chi connectivity index (χ1) is 7.99. The van der Waals surface area contributed by atoms with Crippen LogP contribution in [0.3, 0.4) is 0 Å². The summed E-state index contributed by atoms with van der Waals surface area (Å²) < 4.78 is 1.51. The minimum atomic E-state index is -1.16. The molecule has 0 aliphatic carbocycles. The van der Waals surface area contributed by atoms with Crippen molar-refractivity contribution in [2.75, 3.05) is 0 Å². The maximum atomic E-state index is 11.0. The van der Waals surface area contributed by atoms with Gasteiger partial charge < -0.3 is 14.6 Å². The predicted molar refractivity (Wildman–Crippen MR) is 58.2 cm³/mol. The Morgan fingerprint density at radius 3 is 2.65 bits per heavy atom. The first kappa shape index (κ1) is 11.1. The van der Waals surface area contributed by atoms with Crippen LogP contribution >= 0.6 is 0 Å². The number of aromatic nitrogens is 2. The third kappa shape index (κ3) is 1.96. The Hall–Kier alpha value is -2.37. The summed E-state index contributed by atoms with van der Waals surface area (Å²) in [5, 5.41) is 17.7. The topological polar surface area (TPSA) is 91.9 Å². The zero-order chi connectivity index (χ0) is 12.6. The van der Waals surface area contributed by atoms with E-state index in [-0.39, 0.29) is 17.9 Å². The fourth-order valence-corrected chi connectivity index (χ4v) is 1.67. The number of carboxylic acid groups (broad SMARTS) is 2. The number of hydrogen-bond acceptors (Lipinski definition) is 3. The van der Waals surface area contributed by atoms with E-state index in [0.29, 0.717) is 5.52 Å². The van der Waals surface area contributed by atoms with E-state index in [1.54, 1.807) is 18.3 Å². The van der Waals surface area contributed by atoms with Crippen molar-refractivity contribution in [2.24, 2.45) is 0 Å². The molecular weight excluding hydrogens is 224 g/mol. The maximum Gasteiger partial charge on any atom is 0.356 e. The molecular formula is C11H10N2O4. The second kappa shape index (κ2) is 3.89. The molecule has 0 aromatic carbocycles. The van der Waals surface area contributed by atoms with Gasteiger partial charge in [0.25, 0.3) is 0 Å². The largest absolute Gasteiger partial charge is 0.481 e. The molecule has 0 saturated heterocycles. The molecule has 0 fully saturated rings. The Balaban J connectivity index is 2.70. The molecule has 2 aromatic rings. The quantitative estimate of drug-likeness (QED) is 0.825. The fourth-order valence-electron chi connectivity index (χ4n) is 1.67. The van der Waals surface area contributed by atoms with Gasteiger partial charge in [0.05, 0.1) is 5.52 Å². The van der Waals surface area contributed by atoms with Crippen LogP contribution in [0.1, 0.15) is 21.9 Å². The normalized spacial score (nSPS) is 10.6. The molecule has 2 heterocycles. The van der Waals surface area contributed by atoms with E-state index in [0.717, 1.165) is 5.56 Å². The molecule has 0 aliphatic rings. The molecule has 2 N–H and O–H groups in total. The predicted octanol–water partition coefficient (Wildman–Crippen LogP) is 0.968. The van der Waals surface area contributed by atoms with E-state index in [9.17, 15) is 9.59 Å². The highest BCUT2D eigenvalue weighted by Gasteiger charge is 2.17. The number of nitrogens with zero attached hydrogens (tertiary/aromatic N) is 2. The number of pyridine rings is 1. The third-order valence-corrected chi connectivity index (χ3v) is 2.37. The van der Waals surface area contributed by atoms with Gasteiger partial charge in [-0.05, 0) is 18.6 Å². The lowest BCUT2D eigenvalue weighted by Gasteiger charge is -1.99. The molecule has 0 unspecified atom stereocenters. The molecule has 0 spiro atoms. The summed E-state index contributed by atoms with van der Waals surface area (Å²) in [6.07, 6.45) is 1.37. The zero-order valence-electron chi connectivity index (χ0n) is 9.04. The summed E-state index contributed by atoms with van der Waals surface area (Å²) >= 11 is 0. The Morgan fingerprint density at radius 2 is 2.06 bits per heavy atom. The minimum Gasteiger partial charge on any atom is -0.481 e. The molecule has 88 valence electrons. The summed E-state index contributed by atoms with van der Waals surface area (Å²) in [6, 6.07) is 3.38. The van der Waals surface area contributed by atoms with Crippen LogP contribution in [-0.4, -0.2) is 31.5 Å².